The third kappa shape index (κ3) is 5.59. The Morgan fingerprint density at radius 3 is 2.35 bits per heavy atom. The van der Waals surface area contributed by atoms with Crippen LogP contribution in [0.25, 0.3) is 0 Å². The SMILES string of the molecule is Cn1nc(C(C)(C)F)cc1SC(F)C1CCN(C(=O)OC(C)(C)C)CC1. The van der Waals surface area contributed by atoms with Crippen LogP contribution in [0.1, 0.15) is 53.2 Å². The van der Waals surface area contributed by atoms with Gasteiger partial charge in [-0.2, -0.15) is 5.10 Å². The first kappa shape index (κ1) is 21.0. The molecular formula is C18H29F2N3O2S. The number of aromatic nitrogens is 2. The lowest BCUT2D eigenvalue weighted by atomic mass is 9.98. The first-order valence-electron chi connectivity index (χ1n) is 8.89. The standard InChI is InChI=1S/C18H29F2N3O2S/c1-17(2,3)25-16(24)23-9-7-12(8-10-23)15(19)26-14-11-13(18(4,5)20)21-22(14)6/h11-12,15H,7-10H2,1-6H3. The summed E-state index contributed by atoms with van der Waals surface area (Å²) in [7, 11) is 1.69. The highest BCUT2D eigenvalue weighted by atomic mass is 32.2. The van der Waals surface area contributed by atoms with Crippen molar-refractivity contribution in [3.8, 4) is 0 Å². The monoisotopic (exact) mass is 389 g/mol. The molecule has 0 spiro atoms. The molecule has 148 valence electrons. The topological polar surface area (TPSA) is 47.4 Å². The van der Waals surface area contributed by atoms with Gasteiger partial charge in [0, 0.05) is 26.1 Å². The number of rotatable bonds is 4. The molecule has 1 unspecified atom stereocenters. The van der Waals surface area contributed by atoms with Gasteiger partial charge in [-0.05, 0) is 53.5 Å². The van der Waals surface area contributed by atoms with Gasteiger partial charge < -0.3 is 9.64 Å². The Morgan fingerprint density at radius 2 is 1.88 bits per heavy atom. The zero-order valence-electron chi connectivity index (χ0n) is 16.4. The number of halogens is 2. The summed E-state index contributed by atoms with van der Waals surface area (Å²) in [5.41, 5.74) is -2.91. The maximum absolute atomic E-state index is 14.8. The van der Waals surface area contributed by atoms with Crippen LogP contribution in [0.2, 0.25) is 0 Å². The first-order valence-corrected chi connectivity index (χ1v) is 9.77. The fraction of sp³-hybridized carbons (Fsp3) is 0.778. The molecule has 0 saturated carbocycles. The number of carbonyl (C=O) groups is 1. The number of thioether (sulfide) groups is 1. The Morgan fingerprint density at radius 1 is 1.31 bits per heavy atom. The minimum atomic E-state index is -1.55. The highest BCUT2D eigenvalue weighted by Gasteiger charge is 2.32. The molecule has 1 aliphatic rings. The Kier molecular flexibility index (Phi) is 6.25. The molecule has 26 heavy (non-hydrogen) atoms. The zero-order valence-corrected chi connectivity index (χ0v) is 17.2. The molecule has 0 aliphatic carbocycles. The summed E-state index contributed by atoms with van der Waals surface area (Å²) in [5.74, 6) is -0.157. The second-order valence-corrected chi connectivity index (χ2v) is 9.34. The third-order valence-corrected chi connectivity index (χ3v) is 5.47. The second-order valence-electron chi connectivity index (χ2n) is 8.24. The zero-order chi connectivity index (χ0) is 19.7. The van der Waals surface area contributed by atoms with E-state index in [9.17, 15) is 13.6 Å². The van der Waals surface area contributed by atoms with Gasteiger partial charge in [-0.1, -0.05) is 11.8 Å². The van der Waals surface area contributed by atoms with E-state index in [-0.39, 0.29) is 12.0 Å². The van der Waals surface area contributed by atoms with Crippen molar-refractivity contribution < 1.29 is 18.3 Å². The van der Waals surface area contributed by atoms with Crippen molar-refractivity contribution in [3.63, 3.8) is 0 Å². The largest absolute Gasteiger partial charge is 0.444 e. The van der Waals surface area contributed by atoms with Crippen LogP contribution in [0.5, 0.6) is 0 Å². The van der Waals surface area contributed by atoms with E-state index in [1.807, 2.05) is 20.8 Å². The number of ether oxygens (including phenoxy) is 1. The molecule has 0 radical (unpaired) electrons. The van der Waals surface area contributed by atoms with Crippen LogP contribution in [0.3, 0.4) is 0 Å². The molecule has 0 N–H and O–H groups in total. The minimum absolute atomic E-state index is 0.157. The van der Waals surface area contributed by atoms with E-state index >= 15 is 0 Å². The van der Waals surface area contributed by atoms with Gasteiger partial charge in [-0.25, -0.2) is 13.6 Å². The van der Waals surface area contributed by atoms with Gasteiger partial charge in [0.05, 0.1) is 5.03 Å². The number of amides is 1. The molecule has 1 amide bonds. The molecule has 1 aromatic heterocycles. The van der Waals surface area contributed by atoms with E-state index in [2.05, 4.69) is 5.10 Å². The number of carbonyl (C=O) groups excluding carboxylic acids is 1. The van der Waals surface area contributed by atoms with Crippen LogP contribution in [0, 0.1) is 5.92 Å². The van der Waals surface area contributed by atoms with E-state index < -0.39 is 16.8 Å². The number of hydrogen-bond donors (Lipinski definition) is 0. The van der Waals surface area contributed by atoms with Gasteiger partial charge in [-0.3, -0.25) is 4.68 Å². The molecule has 1 fully saturated rings. The Labute approximate surface area is 158 Å². The summed E-state index contributed by atoms with van der Waals surface area (Å²) in [6.07, 6.45) is 0.805. The molecule has 2 heterocycles. The van der Waals surface area contributed by atoms with Crippen LogP contribution in [-0.2, 0) is 17.5 Å². The molecule has 1 aromatic rings. The van der Waals surface area contributed by atoms with Gasteiger partial charge in [0.25, 0.3) is 0 Å². The number of nitrogens with zero attached hydrogens (tertiary/aromatic N) is 3. The third-order valence-electron chi connectivity index (χ3n) is 4.24. The number of alkyl halides is 2. The van der Waals surface area contributed by atoms with Crippen LogP contribution in [0.15, 0.2) is 11.1 Å². The molecule has 8 heteroatoms. The van der Waals surface area contributed by atoms with Crippen LogP contribution in [0.4, 0.5) is 13.6 Å². The van der Waals surface area contributed by atoms with Gasteiger partial charge in [-0.15, -0.1) is 0 Å². The van der Waals surface area contributed by atoms with Crippen LogP contribution in [-0.4, -0.2) is 45.0 Å². The van der Waals surface area contributed by atoms with E-state index in [1.54, 1.807) is 18.0 Å². The van der Waals surface area contributed by atoms with Crippen molar-refractivity contribution in [1.82, 2.24) is 14.7 Å². The maximum atomic E-state index is 14.8. The van der Waals surface area contributed by atoms with Gasteiger partial charge >= 0.3 is 6.09 Å². The summed E-state index contributed by atoms with van der Waals surface area (Å²) in [5, 5.41) is 4.74. The average Bonchev–Trinajstić information content (AvgIpc) is 2.87. The van der Waals surface area contributed by atoms with Crippen molar-refractivity contribution in [3.05, 3.63) is 11.8 Å². The van der Waals surface area contributed by atoms with Crippen molar-refractivity contribution in [2.24, 2.45) is 13.0 Å². The Balaban J connectivity index is 1.90. The van der Waals surface area contributed by atoms with Crippen molar-refractivity contribution in [2.45, 2.75) is 69.3 Å². The van der Waals surface area contributed by atoms with Crippen molar-refractivity contribution >= 4 is 17.9 Å². The number of likely N-dealkylation sites (tertiary alicyclic amines) is 1. The smallest absolute Gasteiger partial charge is 0.410 e. The van der Waals surface area contributed by atoms with Crippen LogP contribution < -0.4 is 0 Å². The molecule has 1 saturated heterocycles. The molecule has 1 aliphatic heterocycles. The highest BCUT2D eigenvalue weighted by Crippen LogP contribution is 2.36. The lowest BCUT2D eigenvalue weighted by molar-refractivity contribution is 0.0168. The molecule has 1 atom stereocenters. The summed E-state index contributed by atoms with van der Waals surface area (Å²) < 4.78 is 35.6. The van der Waals surface area contributed by atoms with Crippen molar-refractivity contribution in [2.75, 3.05) is 13.1 Å². The summed E-state index contributed by atoms with van der Waals surface area (Å²) in [6.45, 7) is 9.31. The predicted molar refractivity (Wildman–Crippen MR) is 98.6 cm³/mol. The average molecular weight is 390 g/mol. The number of hydrogen-bond acceptors (Lipinski definition) is 4. The van der Waals surface area contributed by atoms with E-state index in [0.717, 1.165) is 11.8 Å². The molecular weight excluding hydrogens is 360 g/mol. The van der Waals surface area contributed by atoms with Gasteiger partial charge in [0.15, 0.2) is 5.50 Å². The summed E-state index contributed by atoms with van der Waals surface area (Å²) >= 11 is 1.07. The maximum Gasteiger partial charge on any atom is 0.410 e. The summed E-state index contributed by atoms with van der Waals surface area (Å²) in [6, 6.07) is 1.60. The number of aryl methyl sites for hydroxylation is 1. The van der Waals surface area contributed by atoms with Gasteiger partial charge in [0.2, 0.25) is 0 Å². The van der Waals surface area contributed by atoms with E-state index in [4.69, 9.17) is 4.74 Å². The summed E-state index contributed by atoms with van der Waals surface area (Å²) in [4.78, 5) is 13.7. The lowest BCUT2D eigenvalue weighted by Crippen LogP contribution is -2.42. The molecule has 0 bridgehead atoms. The lowest BCUT2D eigenvalue weighted by Gasteiger charge is -2.34. The normalized spacial score (nSPS) is 18.1. The predicted octanol–water partition coefficient (Wildman–Crippen LogP) is 4.66. The van der Waals surface area contributed by atoms with Crippen molar-refractivity contribution in [1.29, 1.82) is 0 Å². The van der Waals surface area contributed by atoms with Gasteiger partial charge in [0.1, 0.15) is 17.0 Å². The molecule has 0 aromatic carbocycles. The fourth-order valence-corrected chi connectivity index (χ4v) is 3.80. The molecule has 2 rings (SSSR count). The minimum Gasteiger partial charge on any atom is -0.444 e. The first-order chi connectivity index (χ1) is 11.9. The second kappa shape index (κ2) is 7.74. The van der Waals surface area contributed by atoms with E-state index in [0.29, 0.717) is 36.7 Å². The molecule has 5 nitrogen and oxygen atoms in total. The Bertz CT molecular complexity index is 629. The van der Waals surface area contributed by atoms with E-state index in [1.165, 1.54) is 18.5 Å². The Hall–Kier alpha value is -1.31. The van der Waals surface area contributed by atoms with Crippen LogP contribution >= 0.6 is 11.8 Å². The number of piperidine rings is 1. The highest BCUT2D eigenvalue weighted by molar-refractivity contribution is 7.99. The fourth-order valence-electron chi connectivity index (χ4n) is 2.73. The quantitative estimate of drug-likeness (QED) is 0.703.